The number of thiophene rings is 1. The summed E-state index contributed by atoms with van der Waals surface area (Å²) in [7, 11) is 0. The second kappa shape index (κ2) is 6.16. The summed E-state index contributed by atoms with van der Waals surface area (Å²) in [5.41, 5.74) is 5.30. The molecule has 0 saturated carbocycles. The summed E-state index contributed by atoms with van der Waals surface area (Å²) in [6.07, 6.45) is 1.86. The second-order valence-corrected chi connectivity index (χ2v) is 9.88. The molecule has 0 amide bonds. The van der Waals surface area contributed by atoms with E-state index in [-0.39, 0.29) is 5.41 Å². The molecule has 0 N–H and O–H groups in total. The number of fused-ring (bicyclic) bond motifs is 5. The van der Waals surface area contributed by atoms with E-state index in [1.807, 2.05) is 12.3 Å². The number of nitrogens with zero attached hydrogens (tertiary/aromatic N) is 1. The van der Waals surface area contributed by atoms with Gasteiger partial charge in [0.15, 0.2) is 0 Å². The van der Waals surface area contributed by atoms with Crippen LogP contribution in [0, 0.1) is 0 Å². The maximum absolute atomic E-state index is 6.24. The third-order valence-electron chi connectivity index (χ3n) is 5.90. The van der Waals surface area contributed by atoms with Gasteiger partial charge in [0.05, 0.1) is 11.1 Å². The van der Waals surface area contributed by atoms with E-state index in [0.29, 0.717) is 0 Å². The fraction of sp³-hybridized carbons (Fsp3) is 0.148. The van der Waals surface area contributed by atoms with Gasteiger partial charge >= 0.3 is 0 Å². The molecule has 0 spiro atoms. The molecule has 146 valence electrons. The van der Waals surface area contributed by atoms with Crippen molar-refractivity contribution in [2.24, 2.45) is 0 Å². The lowest BCUT2D eigenvalue weighted by atomic mass is 9.82. The summed E-state index contributed by atoms with van der Waals surface area (Å²) in [5, 5.41) is 8.15. The molecular weight excluding hydrogens is 386 g/mol. The van der Waals surface area contributed by atoms with E-state index in [9.17, 15) is 0 Å². The Labute approximate surface area is 178 Å². The predicted molar refractivity (Wildman–Crippen MR) is 129 cm³/mol. The molecule has 0 radical (unpaired) electrons. The second-order valence-electron chi connectivity index (χ2n) is 8.94. The normalized spacial score (nSPS) is 12.5. The van der Waals surface area contributed by atoms with Crippen LogP contribution in [0.5, 0.6) is 0 Å². The van der Waals surface area contributed by atoms with Crippen LogP contribution < -0.4 is 0 Å². The highest BCUT2D eigenvalue weighted by Crippen LogP contribution is 2.40. The molecular formula is C27H21NOS. The van der Waals surface area contributed by atoms with E-state index in [1.54, 1.807) is 11.3 Å². The van der Waals surface area contributed by atoms with Crippen LogP contribution in [0.15, 0.2) is 76.7 Å². The van der Waals surface area contributed by atoms with Crippen LogP contribution in [0.3, 0.4) is 0 Å². The molecule has 6 aromatic rings. The quantitative estimate of drug-likeness (QED) is 0.274. The smallest absolute Gasteiger partial charge is 0.139 e. The third kappa shape index (κ3) is 2.59. The van der Waals surface area contributed by atoms with Crippen LogP contribution in [-0.2, 0) is 5.41 Å². The number of hydrogen-bond donors (Lipinski definition) is 0. The van der Waals surface area contributed by atoms with Gasteiger partial charge in [0, 0.05) is 21.8 Å². The zero-order chi connectivity index (χ0) is 20.5. The fourth-order valence-electron chi connectivity index (χ4n) is 4.47. The standard InChI is InChI=1S/C27H21NOS/c1-27(2,3)21-14-18(12-16-6-4-5-7-19(16)21)26-25-20-13-17-9-11-30-24(17)15-23(20)29-22(25)8-10-28-26/h4-15H,1-3H3. The van der Waals surface area contributed by atoms with Crippen molar-refractivity contribution in [3.8, 4) is 11.3 Å². The maximum atomic E-state index is 6.24. The number of benzene rings is 3. The van der Waals surface area contributed by atoms with Gasteiger partial charge in [-0.1, -0.05) is 45.0 Å². The molecule has 30 heavy (non-hydrogen) atoms. The molecule has 0 unspecified atom stereocenters. The first-order valence-corrected chi connectivity index (χ1v) is 11.1. The van der Waals surface area contributed by atoms with E-state index in [4.69, 9.17) is 9.40 Å². The summed E-state index contributed by atoms with van der Waals surface area (Å²) in [5.74, 6) is 0. The van der Waals surface area contributed by atoms with Gasteiger partial charge in [0.1, 0.15) is 11.2 Å². The highest BCUT2D eigenvalue weighted by Gasteiger charge is 2.20. The first-order valence-electron chi connectivity index (χ1n) is 10.2. The van der Waals surface area contributed by atoms with Crippen LogP contribution in [0.1, 0.15) is 26.3 Å². The average molecular weight is 408 g/mol. The Morgan fingerprint density at radius 1 is 0.833 bits per heavy atom. The zero-order valence-corrected chi connectivity index (χ0v) is 18.0. The Hall–Kier alpha value is -3.17. The molecule has 0 atom stereocenters. The molecule has 2 nitrogen and oxygen atoms in total. The molecule has 0 saturated heterocycles. The minimum absolute atomic E-state index is 0.0326. The molecule has 6 rings (SSSR count). The lowest BCUT2D eigenvalue weighted by molar-refractivity contribution is 0.596. The highest BCUT2D eigenvalue weighted by atomic mass is 32.1. The summed E-state index contributed by atoms with van der Waals surface area (Å²) < 4.78 is 7.49. The van der Waals surface area contributed by atoms with E-state index in [0.717, 1.165) is 33.2 Å². The minimum Gasteiger partial charge on any atom is -0.456 e. The molecule has 0 aliphatic carbocycles. The van der Waals surface area contributed by atoms with Gasteiger partial charge < -0.3 is 4.42 Å². The van der Waals surface area contributed by atoms with Crippen LogP contribution >= 0.6 is 11.3 Å². The zero-order valence-electron chi connectivity index (χ0n) is 17.2. The van der Waals surface area contributed by atoms with Crippen LogP contribution in [0.2, 0.25) is 0 Å². The summed E-state index contributed by atoms with van der Waals surface area (Å²) >= 11 is 1.74. The monoisotopic (exact) mass is 407 g/mol. The summed E-state index contributed by atoms with van der Waals surface area (Å²) in [6.45, 7) is 6.81. The Morgan fingerprint density at radius 2 is 1.70 bits per heavy atom. The first-order chi connectivity index (χ1) is 14.5. The van der Waals surface area contributed by atoms with Crippen LogP contribution in [-0.4, -0.2) is 4.98 Å². The Kier molecular flexibility index (Phi) is 3.63. The van der Waals surface area contributed by atoms with Crippen molar-refractivity contribution in [1.82, 2.24) is 4.98 Å². The van der Waals surface area contributed by atoms with Crippen molar-refractivity contribution < 1.29 is 4.42 Å². The highest BCUT2D eigenvalue weighted by molar-refractivity contribution is 7.17. The minimum atomic E-state index is 0.0326. The van der Waals surface area contributed by atoms with E-state index < -0.39 is 0 Å². The van der Waals surface area contributed by atoms with Crippen molar-refractivity contribution in [3.05, 3.63) is 77.8 Å². The summed E-state index contributed by atoms with van der Waals surface area (Å²) in [6, 6.07) is 21.7. The van der Waals surface area contributed by atoms with Crippen molar-refractivity contribution in [2.75, 3.05) is 0 Å². The van der Waals surface area contributed by atoms with E-state index in [1.165, 1.54) is 26.4 Å². The number of rotatable bonds is 1. The van der Waals surface area contributed by atoms with Crippen LogP contribution in [0.25, 0.3) is 54.1 Å². The fourth-order valence-corrected chi connectivity index (χ4v) is 5.26. The lowest BCUT2D eigenvalue weighted by Crippen LogP contribution is -2.12. The SMILES string of the molecule is CC(C)(C)c1cc(-c2nccc3oc4cc5sccc5cc4c23)cc2ccccc12. The number of furan rings is 1. The Balaban J connectivity index is 1.72. The molecule has 3 aromatic heterocycles. The molecule has 3 heterocycles. The third-order valence-corrected chi connectivity index (χ3v) is 6.78. The number of aromatic nitrogens is 1. The number of hydrogen-bond acceptors (Lipinski definition) is 3. The van der Waals surface area contributed by atoms with Gasteiger partial charge in [-0.05, 0) is 68.9 Å². The molecule has 3 heteroatoms. The molecule has 0 aliphatic heterocycles. The van der Waals surface area contributed by atoms with Gasteiger partial charge in [-0.15, -0.1) is 11.3 Å². The van der Waals surface area contributed by atoms with Crippen molar-refractivity contribution in [1.29, 1.82) is 0 Å². The largest absolute Gasteiger partial charge is 0.456 e. The Morgan fingerprint density at radius 3 is 2.57 bits per heavy atom. The molecule has 0 aliphatic rings. The molecule has 0 fully saturated rings. The predicted octanol–water partition coefficient (Wildman–Crippen LogP) is 8.31. The lowest BCUT2D eigenvalue weighted by Gasteiger charge is -2.22. The van der Waals surface area contributed by atoms with Gasteiger partial charge in [0.2, 0.25) is 0 Å². The topological polar surface area (TPSA) is 26.0 Å². The summed E-state index contributed by atoms with van der Waals surface area (Å²) in [4.78, 5) is 4.84. The van der Waals surface area contributed by atoms with Gasteiger partial charge in [0.25, 0.3) is 0 Å². The van der Waals surface area contributed by atoms with Crippen molar-refractivity contribution in [3.63, 3.8) is 0 Å². The van der Waals surface area contributed by atoms with Crippen LogP contribution in [0.4, 0.5) is 0 Å². The van der Waals surface area contributed by atoms with E-state index in [2.05, 4.69) is 80.7 Å². The Bertz CT molecular complexity index is 1580. The molecule has 3 aromatic carbocycles. The van der Waals surface area contributed by atoms with E-state index >= 15 is 0 Å². The van der Waals surface area contributed by atoms with Crippen molar-refractivity contribution >= 4 is 54.1 Å². The van der Waals surface area contributed by atoms with Gasteiger partial charge in [-0.2, -0.15) is 0 Å². The van der Waals surface area contributed by atoms with Crippen molar-refractivity contribution in [2.45, 2.75) is 26.2 Å². The molecule has 0 bridgehead atoms. The number of pyridine rings is 1. The maximum Gasteiger partial charge on any atom is 0.139 e. The first kappa shape index (κ1) is 17.7. The van der Waals surface area contributed by atoms with Gasteiger partial charge in [-0.3, -0.25) is 4.98 Å². The van der Waals surface area contributed by atoms with Gasteiger partial charge in [-0.25, -0.2) is 0 Å². The average Bonchev–Trinajstić information content (AvgIpc) is 3.33.